The lowest BCUT2D eigenvalue weighted by molar-refractivity contribution is -0.171. The minimum atomic E-state index is -1.68. The predicted octanol–water partition coefficient (Wildman–Crippen LogP) is 2.95. The van der Waals surface area contributed by atoms with Gasteiger partial charge in [-0.25, -0.2) is 0 Å². The van der Waals surface area contributed by atoms with Crippen molar-refractivity contribution >= 4 is 33.7 Å². The van der Waals surface area contributed by atoms with Gasteiger partial charge in [-0.2, -0.15) is 0 Å². The van der Waals surface area contributed by atoms with Gasteiger partial charge in [0.2, 0.25) is 0 Å². The van der Waals surface area contributed by atoms with Gasteiger partial charge < -0.3 is 14.6 Å². The third kappa shape index (κ3) is 4.77. The predicted molar refractivity (Wildman–Crippen MR) is 106 cm³/mol. The van der Waals surface area contributed by atoms with Gasteiger partial charge in [0.1, 0.15) is 19.1 Å². The monoisotopic (exact) mass is 450 g/mol. The molecular formula is C21H23BrO6. The number of carbonyl (C=O) groups is 3. The van der Waals surface area contributed by atoms with Crippen LogP contribution < -0.4 is 0 Å². The van der Waals surface area contributed by atoms with Gasteiger partial charge in [0.05, 0.1) is 11.5 Å². The highest BCUT2D eigenvalue weighted by Gasteiger charge is 2.57. The number of esters is 2. The van der Waals surface area contributed by atoms with Crippen LogP contribution in [0.2, 0.25) is 0 Å². The molecule has 1 N–H and O–H groups in total. The first-order valence-corrected chi connectivity index (χ1v) is 9.58. The van der Waals surface area contributed by atoms with Crippen LogP contribution in [0.3, 0.4) is 0 Å². The first kappa shape index (κ1) is 22.0. The van der Waals surface area contributed by atoms with Gasteiger partial charge in [-0.3, -0.25) is 14.4 Å². The van der Waals surface area contributed by atoms with Gasteiger partial charge in [-0.05, 0) is 24.6 Å². The molecule has 6 nitrogen and oxygen atoms in total. The zero-order valence-corrected chi connectivity index (χ0v) is 17.2. The van der Waals surface area contributed by atoms with E-state index in [-0.39, 0.29) is 19.6 Å². The van der Waals surface area contributed by atoms with Crippen molar-refractivity contribution in [2.45, 2.75) is 24.9 Å². The number of carbonyl (C=O) groups excluding carboxylic acids is 3. The molecule has 0 saturated heterocycles. The van der Waals surface area contributed by atoms with Crippen LogP contribution in [0, 0.1) is 11.8 Å². The first-order chi connectivity index (χ1) is 13.2. The van der Waals surface area contributed by atoms with Crippen LogP contribution in [-0.4, -0.2) is 41.6 Å². The van der Waals surface area contributed by atoms with Gasteiger partial charge in [0.25, 0.3) is 0 Å². The molecule has 1 fully saturated rings. The van der Waals surface area contributed by atoms with Crippen LogP contribution in [0.15, 0.2) is 54.0 Å². The second-order valence-corrected chi connectivity index (χ2v) is 7.79. The van der Waals surface area contributed by atoms with Crippen molar-refractivity contribution in [3.05, 3.63) is 59.6 Å². The highest BCUT2D eigenvalue weighted by atomic mass is 79.9. The van der Waals surface area contributed by atoms with Gasteiger partial charge in [-0.15, -0.1) is 0 Å². The van der Waals surface area contributed by atoms with Crippen LogP contribution in [0.1, 0.15) is 24.8 Å². The third-order valence-electron chi connectivity index (χ3n) is 4.72. The van der Waals surface area contributed by atoms with Crippen LogP contribution in [0.25, 0.3) is 0 Å². The molecule has 1 aliphatic rings. The minimum Gasteiger partial charge on any atom is -0.461 e. The van der Waals surface area contributed by atoms with E-state index < -0.39 is 41.1 Å². The quantitative estimate of drug-likeness (QED) is 0.390. The number of halogens is 1. The van der Waals surface area contributed by atoms with Crippen LogP contribution in [0.4, 0.5) is 0 Å². The number of ketones is 1. The summed E-state index contributed by atoms with van der Waals surface area (Å²) < 4.78 is 11.1. The molecule has 7 heteroatoms. The number of Topliss-reactive ketones (excluding diaryl/α,β-unsaturated/α-hetero) is 1. The summed E-state index contributed by atoms with van der Waals surface area (Å²) in [5.41, 5.74) is -1.12. The van der Waals surface area contributed by atoms with Crippen LogP contribution in [-0.2, 0) is 23.9 Å². The normalized spacial score (nSPS) is 27.0. The molecule has 0 radical (unpaired) electrons. The Morgan fingerprint density at radius 2 is 1.71 bits per heavy atom. The van der Waals surface area contributed by atoms with Crippen LogP contribution >= 0.6 is 15.9 Å². The zero-order valence-electron chi connectivity index (χ0n) is 15.6. The van der Waals surface area contributed by atoms with Crippen molar-refractivity contribution in [2.24, 2.45) is 11.8 Å². The molecule has 4 atom stereocenters. The van der Waals surface area contributed by atoms with Crippen molar-refractivity contribution in [3.63, 3.8) is 0 Å². The Hall–Kier alpha value is -2.25. The molecule has 0 aromatic heterocycles. The zero-order chi connectivity index (χ0) is 20.9. The number of rotatable bonds is 7. The second-order valence-electron chi connectivity index (χ2n) is 6.87. The maximum atomic E-state index is 12.8. The fourth-order valence-corrected chi connectivity index (χ4v) is 3.83. The van der Waals surface area contributed by atoms with E-state index in [0.29, 0.717) is 5.56 Å². The van der Waals surface area contributed by atoms with Crippen LogP contribution in [0.5, 0.6) is 0 Å². The Kier molecular flexibility index (Phi) is 7.32. The van der Waals surface area contributed by atoms with Crippen molar-refractivity contribution < 1.29 is 29.0 Å². The van der Waals surface area contributed by atoms with E-state index in [0.717, 1.165) is 4.47 Å². The molecule has 150 valence electrons. The average molecular weight is 451 g/mol. The number of hydrogen-bond donors (Lipinski definition) is 1. The molecule has 0 aliphatic heterocycles. The van der Waals surface area contributed by atoms with Crippen molar-refractivity contribution in [1.29, 1.82) is 0 Å². The van der Waals surface area contributed by atoms with E-state index in [4.69, 9.17) is 9.47 Å². The minimum absolute atomic E-state index is 0.0437. The van der Waals surface area contributed by atoms with E-state index >= 15 is 0 Å². The molecule has 0 amide bonds. The summed E-state index contributed by atoms with van der Waals surface area (Å²) in [7, 11) is 0. The smallest absolute Gasteiger partial charge is 0.317 e. The van der Waals surface area contributed by atoms with Gasteiger partial charge in [0.15, 0.2) is 5.78 Å². The molecule has 1 aromatic rings. The standard InChI is InChI=1S/C21H23BrO6/c1-4-10-27-19(24)17-15(23)12-21(3,26)18(20(25)28-11-5-2)16(17)13-6-8-14(22)9-7-13/h4-9,16-18,26H,1-2,10-12H2,3H3/t16-,17+,18-,21-/m0/s1. The largest absolute Gasteiger partial charge is 0.461 e. The van der Waals surface area contributed by atoms with E-state index in [9.17, 15) is 19.5 Å². The Morgan fingerprint density at radius 1 is 1.18 bits per heavy atom. The highest BCUT2D eigenvalue weighted by molar-refractivity contribution is 9.10. The molecule has 0 spiro atoms. The summed E-state index contributed by atoms with van der Waals surface area (Å²) in [5, 5.41) is 10.9. The van der Waals surface area contributed by atoms with Crippen molar-refractivity contribution in [3.8, 4) is 0 Å². The first-order valence-electron chi connectivity index (χ1n) is 8.78. The maximum Gasteiger partial charge on any atom is 0.317 e. The summed E-state index contributed by atoms with van der Waals surface area (Å²) in [6, 6.07) is 6.87. The summed E-state index contributed by atoms with van der Waals surface area (Å²) in [6.07, 6.45) is 2.44. The topological polar surface area (TPSA) is 89.9 Å². The van der Waals surface area contributed by atoms with Gasteiger partial charge in [0, 0.05) is 16.8 Å². The Bertz CT molecular complexity index is 768. The molecule has 28 heavy (non-hydrogen) atoms. The number of aliphatic hydroxyl groups is 1. The molecule has 0 heterocycles. The fraction of sp³-hybridized carbons (Fsp3) is 0.381. The lowest BCUT2D eigenvalue weighted by Gasteiger charge is -2.43. The number of benzene rings is 1. The molecule has 0 bridgehead atoms. The Labute approximate surface area is 172 Å². The third-order valence-corrected chi connectivity index (χ3v) is 5.25. The summed E-state index contributed by atoms with van der Waals surface area (Å²) >= 11 is 3.34. The number of ether oxygens (including phenoxy) is 2. The molecular weight excluding hydrogens is 428 g/mol. The second kappa shape index (κ2) is 9.30. The fourth-order valence-electron chi connectivity index (χ4n) is 3.56. The highest BCUT2D eigenvalue weighted by Crippen LogP contribution is 2.46. The SMILES string of the molecule is C=CCOC(=O)[C@@H]1C(=O)C[C@](C)(O)[C@H](C(=O)OCC=C)[C@H]1c1ccc(Br)cc1. The maximum absolute atomic E-state index is 12.8. The Balaban J connectivity index is 2.56. The average Bonchev–Trinajstić information content (AvgIpc) is 2.63. The van der Waals surface area contributed by atoms with E-state index in [2.05, 4.69) is 29.1 Å². The van der Waals surface area contributed by atoms with Gasteiger partial charge in [-0.1, -0.05) is 53.4 Å². The summed E-state index contributed by atoms with van der Waals surface area (Å²) in [6.45, 7) is 8.30. The van der Waals surface area contributed by atoms with E-state index in [1.165, 1.54) is 19.1 Å². The summed E-state index contributed by atoms with van der Waals surface area (Å²) in [5.74, 6) is -5.24. The number of hydrogen-bond acceptors (Lipinski definition) is 6. The van der Waals surface area contributed by atoms with Crippen molar-refractivity contribution in [1.82, 2.24) is 0 Å². The van der Waals surface area contributed by atoms with Gasteiger partial charge >= 0.3 is 11.9 Å². The molecule has 1 saturated carbocycles. The molecule has 1 aromatic carbocycles. The van der Waals surface area contributed by atoms with E-state index in [1.54, 1.807) is 24.3 Å². The molecule has 2 rings (SSSR count). The lowest BCUT2D eigenvalue weighted by Crippen LogP contribution is -2.55. The van der Waals surface area contributed by atoms with E-state index in [1.807, 2.05) is 0 Å². The molecule has 0 unspecified atom stereocenters. The summed E-state index contributed by atoms with van der Waals surface area (Å²) in [4.78, 5) is 38.2. The lowest BCUT2D eigenvalue weighted by atomic mass is 9.62. The Morgan fingerprint density at radius 3 is 2.25 bits per heavy atom. The van der Waals surface area contributed by atoms with Crippen molar-refractivity contribution in [2.75, 3.05) is 13.2 Å². The molecule has 1 aliphatic carbocycles.